The number of anilines is 1. The van der Waals surface area contributed by atoms with Gasteiger partial charge < -0.3 is 5.32 Å². The Labute approximate surface area is 84.2 Å². The molecule has 70 valence electrons. The monoisotopic (exact) mass is 245 g/mol. The molecule has 0 aliphatic carbocycles. The van der Waals surface area contributed by atoms with Crippen LogP contribution in [0.1, 0.15) is 5.69 Å². The van der Waals surface area contributed by atoms with Gasteiger partial charge in [-0.15, -0.1) is 0 Å². The molecule has 1 aromatic heterocycles. The van der Waals surface area contributed by atoms with Gasteiger partial charge in [-0.2, -0.15) is 0 Å². The second kappa shape index (κ2) is 4.32. The van der Waals surface area contributed by atoms with E-state index in [1.54, 1.807) is 6.92 Å². The molecule has 0 bridgehead atoms. The predicted molar refractivity (Wildman–Crippen MR) is 53.3 cm³/mol. The number of hydrogen-bond acceptors (Lipinski definition) is 3. The summed E-state index contributed by atoms with van der Waals surface area (Å²) in [6.07, 6.45) is 1.32. The van der Waals surface area contributed by atoms with Crippen LogP contribution in [0.25, 0.3) is 0 Å². The van der Waals surface area contributed by atoms with E-state index >= 15 is 0 Å². The first-order chi connectivity index (χ1) is 6.11. The fourth-order valence-electron chi connectivity index (χ4n) is 0.761. The van der Waals surface area contributed by atoms with Crippen molar-refractivity contribution < 1.29 is 4.39 Å². The minimum atomic E-state index is -0.420. The molecule has 1 aromatic rings. The zero-order valence-electron chi connectivity index (χ0n) is 7.14. The van der Waals surface area contributed by atoms with Crippen molar-refractivity contribution in [1.29, 1.82) is 0 Å². The first-order valence-electron chi connectivity index (χ1n) is 3.65. The summed E-state index contributed by atoms with van der Waals surface area (Å²) >= 11 is 3.15. The first-order valence-corrected chi connectivity index (χ1v) is 4.45. The third-order valence-corrected chi connectivity index (χ3v) is 1.69. The average Bonchev–Trinajstić information content (AvgIpc) is 2.07. The predicted octanol–water partition coefficient (Wildman–Crippen LogP) is 2.24. The molecule has 13 heavy (non-hydrogen) atoms. The van der Waals surface area contributed by atoms with E-state index < -0.39 is 5.82 Å². The van der Waals surface area contributed by atoms with Gasteiger partial charge in [0.15, 0.2) is 11.6 Å². The van der Waals surface area contributed by atoms with Crippen LogP contribution in [0.15, 0.2) is 17.4 Å². The Kier molecular flexibility index (Phi) is 3.36. The van der Waals surface area contributed by atoms with Gasteiger partial charge >= 0.3 is 0 Å². The van der Waals surface area contributed by atoms with Crippen LogP contribution in [0.2, 0.25) is 0 Å². The highest BCUT2D eigenvalue weighted by Gasteiger charge is 2.06. The highest BCUT2D eigenvalue weighted by molar-refractivity contribution is 9.11. The molecule has 0 amide bonds. The van der Waals surface area contributed by atoms with Crippen LogP contribution in [0.3, 0.4) is 0 Å². The maximum absolute atomic E-state index is 13.2. The van der Waals surface area contributed by atoms with Gasteiger partial charge in [0.1, 0.15) is 6.33 Å². The van der Waals surface area contributed by atoms with Crippen LogP contribution >= 0.6 is 15.9 Å². The van der Waals surface area contributed by atoms with Crippen LogP contribution < -0.4 is 5.32 Å². The van der Waals surface area contributed by atoms with Crippen molar-refractivity contribution in [3.8, 4) is 0 Å². The number of halogens is 2. The molecular weight excluding hydrogens is 237 g/mol. The Balaban J connectivity index is 2.77. The summed E-state index contributed by atoms with van der Waals surface area (Å²) in [6, 6.07) is 0. The van der Waals surface area contributed by atoms with Gasteiger partial charge in [0.25, 0.3) is 0 Å². The maximum Gasteiger partial charge on any atom is 0.186 e. The van der Waals surface area contributed by atoms with Crippen LogP contribution in [0.5, 0.6) is 0 Å². The van der Waals surface area contributed by atoms with Crippen LogP contribution in [-0.2, 0) is 0 Å². The van der Waals surface area contributed by atoms with Crippen LogP contribution in [0, 0.1) is 12.7 Å². The summed E-state index contributed by atoms with van der Waals surface area (Å²) < 4.78 is 14.0. The molecule has 0 unspecified atom stereocenters. The fourth-order valence-corrected chi connectivity index (χ4v) is 0.901. The van der Waals surface area contributed by atoms with Gasteiger partial charge in [0, 0.05) is 11.0 Å². The third kappa shape index (κ3) is 2.77. The van der Waals surface area contributed by atoms with E-state index in [1.807, 2.05) is 0 Å². The van der Waals surface area contributed by atoms with Gasteiger partial charge in [0.2, 0.25) is 0 Å². The Morgan fingerprint density at radius 3 is 3.00 bits per heavy atom. The van der Waals surface area contributed by atoms with E-state index in [0.29, 0.717) is 12.2 Å². The number of rotatable bonds is 3. The molecule has 1 heterocycles. The lowest BCUT2D eigenvalue weighted by atomic mass is 10.4. The molecule has 0 aliphatic rings. The Hall–Kier alpha value is -0.970. The lowest BCUT2D eigenvalue weighted by molar-refractivity contribution is 0.605. The minimum absolute atomic E-state index is 0.202. The molecule has 0 fully saturated rings. The topological polar surface area (TPSA) is 37.8 Å². The van der Waals surface area contributed by atoms with E-state index in [-0.39, 0.29) is 5.82 Å². The van der Waals surface area contributed by atoms with E-state index in [9.17, 15) is 4.39 Å². The summed E-state index contributed by atoms with van der Waals surface area (Å²) in [5, 5.41) is 2.78. The van der Waals surface area contributed by atoms with Gasteiger partial charge in [-0.25, -0.2) is 14.4 Å². The zero-order valence-corrected chi connectivity index (χ0v) is 8.73. The summed E-state index contributed by atoms with van der Waals surface area (Å²) in [5.41, 5.74) is 0.331. The normalized spacial score (nSPS) is 9.77. The summed E-state index contributed by atoms with van der Waals surface area (Å²) in [5.74, 6) is -0.218. The van der Waals surface area contributed by atoms with E-state index in [1.165, 1.54) is 6.33 Å². The number of aryl methyl sites for hydroxylation is 1. The van der Waals surface area contributed by atoms with Crippen molar-refractivity contribution in [2.75, 3.05) is 11.9 Å². The lowest BCUT2D eigenvalue weighted by Gasteiger charge is -2.05. The molecule has 0 spiro atoms. The molecule has 0 radical (unpaired) electrons. The SMILES string of the molecule is C=C(Br)CNc1ncnc(C)c1F. The molecule has 0 aliphatic heterocycles. The quantitative estimate of drug-likeness (QED) is 0.888. The van der Waals surface area contributed by atoms with Gasteiger partial charge in [-0.1, -0.05) is 22.5 Å². The van der Waals surface area contributed by atoms with Crippen molar-refractivity contribution in [3.05, 3.63) is 28.9 Å². The number of nitrogens with zero attached hydrogens (tertiary/aromatic N) is 2. The number of hydrogen-bond donors (Lipinski definition) is 1. The molecule has 1 N–H and O–H groups in total. The van der Waals surface area contributed by atoms with Crippen molar-refractivity contribution in [3.63, 3.8) is 0 Å². The molecule has 0 atom stereocenters. The molecule has 0 saturated carbocycles. The Morgan fingerprint density at radius 1 is 1.69 bits per heavy atom. The molecule has 5 heteroatoms. The fraction of sp³-hybridized carbons (Fsp3) is 0.250. The molecule has 3 nitrogen and oxygen atoms in total. The van der Waals surface area contributed by atoms with Gasteiger partial charge in [-0.05, 0) is 6.92 Å². The second-order valence-corrected chi connectivity index (χ2v) is 3.61. The van der Waals surface area contributed by atoms with Crippen LogP contribution in [-0.4, -0.2) is 16.5 Å². The van der Waals surface area contributed by atoms with E-state index in [4.69, 9.17) is 0 Å². The molecule has 0 aromatic carbocycles. The third-order valence-electron chi connectivity index (χ3n) is 1.41. The maximum atomic E-state index is 13.2. The number of aromatic nitrogens is 2. The van der Waals surface area contributed by atoms with Crippen molar-refractivity contribution >= 4 is 21.7 Å². The van der Waals surface area contributed by atoms with Crippen molar-refractivity contribution in [2.45, 2.75) is 6.92 Å². The highest BCUT2D eigenvalue weighted by Crippen LogP contribution is 2.12. The molecular formula is C8H9BrFN3. The van der Waals surface area contributed by atoms with Gasteiger partial charge in [0.05, 0.1) is 5.69 Å². The summed E-state index contributed by atoms with van der Waals surface area (Å²) in [7, 11) is 0. The standard InChI is InChI=1S/C8H9BrFN3/c1-5(9)3-11-8-7(10)6(2)12-4-13-8/h4H,1,3H2,2H3,(H,11,12,13). The largest absolute Gasteiger partial charge is 0.363 e. The van der Waals surface area contributed by atoms with Gasteiger partial charge in [-0.3, -0.25) is 0 Å². The number of nitrogens with one attached hydrogen (secondary N) is 1. The van der Waals surface area contributed by atoms with Crippen molar-refractivity contribution in [2.24, 2.45) is 0 Å². The Bertz CT molecular complexity index is 327. The molecule has 1 rings (SSSR count). The first kappa shape index (κ1) is 10.1. The average molecular weight is 246 g/mol. The Morgan fingerprint density at radius 2 is 2.38 bits per heavy atom. The lowest BCUT2D eigenvalue weighted by Crippen LogP contribution is -2.06. The highest BCUT2D eigenvalue weighted by atomic mass is 79.9. The second-order valence-electron chi connectivity index (χ2n) is 2.49. The molecule has 0 saturated heterocycles. The smallest absolute Gasteiger partial charge is 0.186 e. The van der Waals surface area contributed by atoms with E-state index in [2.05, 4.69) is 37.8 Å². The van der Waals surface area contributed by atoms with Crippen molar-refractivity contribution in [1.82, 2.24) is 9.97 Å². The van der Waals surface area contributed by atoms with E-state index in [0.717, 1.165) is 4.48 Å². The summed E-state index contributed by atoms with van der Waals surface area (Å²) in [4.78, 5) is 7.46. The van der Waals surface area contributed by atoms with Crippen LogP contribution in [0.4, 0.5) is 10.2 Å². The summed E-state index contributed by atoms with van der Waals surface area (Å²) in [6.45, 7) is 5.64. The minimum Gasteiger partial charge on any atom is -0.363 e. The zero-order chi connectivity index (χ0) is 9.84.